The molecule has 4 rings (SSSR count). The molecule has 304 valence electrons. The summed E-state index contributed by atoms with van der Waals surface area (Å²) in [6.45, 7) is 16.0. The summed E-state index contributed by atoms with van der Waals surface area (Å²) >= 11 is 0. The largest absolute Gasteiger partial charge is 0.508 e. The molecule has 10 atom stereocenters. The highest BCUT2D eigenvalue weighted by Crippen LogP contribution is 2.37. The van der Waals surface area contributed by atoms with E-state index in [1.807, 2.05) is 51.1 Å². The number of hydrogen-bond acceptors (Lipinski definition) is 13. The van der Waals surface area contributed by atoms with Gasteiger partial charge in [0.1, 0.15) is 61.2 Å². The highest BCUT2D eigenvalue weighted by Gasteiger charge is 2.55. The molecule has 2 heterocycles. The number of benzene rings is 2. The number of carbonyl (C=O) groups excluding carboxylic acids is 1. The van der Waals surface area contributed by atoms with Crippen molar-refractivity contribution in [1.82, 2.24) is 0 Å². The molecular formula is C41H62O13. The lowest BCUT2D eigenvalue weighted by atomic mass is 9.84. The number of carbonyl (C=O) groups is 1. The van der Waals surface area contributed by atoms with E-state index in [-0.39, 0.29) is 25.4 Å². The number of esters is 1. The normalized spacial score (nSPS) is 29.9. The van der Waals surface area contributed by atoms with Gasteiger partial charge in [-0.25, -0.2) is 4.79 Å². The van der Waals surface area contributed by atoms with Crippen LogP contribution in [0.1, 0.15) is 79.9 Å². The van der Waals surface area contributed by atoms with Gasteiger partial charge in [-0.2, -0.15) is 0 Å². The van der Waals surface area contributed by atoms with E-state index in [9.17, 15) is 30.3 Å². The van der Waals surface area contributed by atoms with E-state index in [4.69, 9.17) is 33.2 Å². The Morgan fingerprint density at radius 1 is 0.704 bits per heavy atom. The molecule has 0 aliphatic carbocycles. The van der Waals surface area contributed by atoms with Crippen molar-refractivity contribution < 1.29 is 63.5 Å². The van der Waals surface area contributed by atoms with Crippen LogP contribution in [-0.4, -0.2) is 129 Å². The van der Waals surface area contributed by atoms with E-state index in [0.29, 0.717) is 12.0 Å². The van der Waals surface area contributed by atoms with Gasteiger partial charge in [-0.1, -0.05) is 42.5 Å². The summed E-state index contributed by atoms with van der Waals surface area (Å²) in [5, 5.41) is 55.0. The van der Waals surface area contributed by atoms with Gasteiger partial charge in [-0.15, -0.1) is 0 Å². The smallest absolute Gasteiger partial charge is 0.338 e. The van der Waals surface area contributed by atoms with Gasteiger partial charge in [0, 0.05) is 13.5 Å². The van der Waals surface area contributed by atoms with Gasteiger partial charge in [0.05, 0.1) is 35.1 Å². The van der Waals surface area contributed by atoms with Crippen LogP contribution in [0.3, 0.4) is 0 Å². The molecule has 2 aromatic carbocycles. The Kier molecular flexibility index (Phi) is 14.4. The number of methoxy groups -OCH3 is 1. The van der Waals surface area contributed by atoms with Crippen LogP contribution in [-0.2, 0) is 51.0 Å². The minimum Gasteiger partial charge on any atom is -0.508 e. The fourth-order valence-corrected chi connectivity index (χ4v) is 6.86. The average molecular weight is 763 g/mol. The van der Waals surface area contributed by atoms with E-state index >= 15 is 0 Å². The summed E-state index contributed by atoms with van der Waals surface area (Å²) in [4.78, 5) is 13.6. The lowest BCUT2D eigenvalue weighted by molar-refractivity contribution is -0.292. The zero-order valence-electron chi connectivity index (χ0n) is 33.3. The summed E-state index contributed by atoms with van der Waals surface area (Å²) in [6, 6.07) is 15.9. The highest BCUT2D eigenvalue weighted by atomic mass is 16.6. The number of aliphatic hydroxyl groups is 4. The third-order valence-electron chi connectivity index (χ3n) is 10.1. The molecule has 2 aliphatic heterocycles. The van der Waals surface area contributed by atoms with Crippen LogP contribution in [0, 0.1) is 0 Å². The quantitative estimate of drug-likeness (QED) is 0.166. The summed E-state index contributed by atoms with van der Waals surface area (Å²) in [5.41, 5.74) is -2.23. The lowest BCUT2D eigenvalue weighted by Crippen LogP contribution is -2.66. The molecule has 54 heavy (non-hydrogen) atoms. The SMILES string of the molecule is COC(C)(C)C1OC(C(=O)OCc2ccc(O)cc2)[C@@H](OC(C)(C)CCOC(C)(C)C2OC(Cc3ccccc3)[C@@H](OC(C)(C)C)C(O)C2O)C(O)C1O. The first-order valence-electron chi connectivity index (χ1n) is 18.6. The number of phenolic OH excluding ortho intramolecular Hbond substituents is 1. The van der Waals surface area contributed by atoms with Gasteiger partial charge in [0.15, 0.2) is 6.10 Å². The van der Waals surface area contributed by atoms with Gasteiger partial charge in [0.2, 0.25) is 0 Å². The van der Waals surface area contributed by atoms with E-state index in [0.717, 1.165) is 5.56 Å². The molecule has 0 spiro atoms. The first kappa shape index (κ1) is 44.0. The number of aromatic hydroxyl groups is 1. The molecule has 0 amide bonds. The highest BCUT2D eigenvalue weighted by molar-refractivity contribution is 5.76. The Labute approximate surface area is 319 Å². The summed E-state index contributed by atoms with van der Waals surface area (Å²) in [5.74, 6) is -0.748. The predicted octanol–water partition coefficient (Wildman–Crippen LogP) is 3.61. The van der Waals surface area contributed by atoms with E-state index in [1.165, 1.54) is 19.2 Å². The third-order valence-corrected chi connectivity index (χ3v) is 10.1. The van der Waals surface area contributed by atoms with Crippen molar-refractivity contribution in [3.05, 3.63) is 65.7 Å². The molecule has 2 aliphatic rings. The molecule has 0 saturated carbocycles. The fourth-order valence-electron chi connectivity index (χ4n) is 6.86. The maximum atomic E-state index is 13.6. The van der Waals surface area contributed by atoms with Gasteiger partial charge in [0.25, 0.3) is 0 Å². The topological polar surface area (TPSA) is 183 Å². The van der Waals surface area contributed by atoms with Crippen molar-refractivity contribution in [2.24, 2.45) is 0 Å². The van der Waals surface area contributed by atoms with Crippen LogP contribution in [0.4, 0.5) is 0 Å². The molecule has 0 radical (unpaired) electrons. The van der Waals surface area contributed by atoms with Crippen molar-refractivity contribution in [2.75, 3.05) is 13.7 Å². The van der Waals surface area contributed by atoms with Crippen molar-refractivity contribution in [2.45, 2.75) is 165 Å². The Hall–Kier alpha value is -2.69. The zero-order valence-corrected chi connectivity index (χ0v) is 33.3. The van der Waals surface area contributed by atoms with Crippen LogP contribution in [0.15, 0.2) is 54.6 Å². The number of phenols is 1. The second-order valence-electron chi connectivity index (χ2n) is 17.0. The predicted molar refractivity (Wildman–Crippen MR) is 199 cm³/mol. The maximum Gasteiger partial charge on any atom is 0.338 e. The van der Waals surface area contributed by atoms with Crippen molar-refractivity contribution in [3.63, 3.8) is 0 Å². The second-order valence-corrected chi connectivity index (χ2v) is 17.0. The van der Waals surface area contributed by atoms with Gasteiger partial charge in [-0.3, -0.25) is 0 Å². The van der Waals surface area contributed by atoms with Gasteiger partial charge >= 0.3 is 5.97 Å². The second kappa shape index (κ2) is 17.6. The van der Waals surface area contributed by atoms with Crippen LogP contribution in [0.25, 0.3) is 0 Å². The summed E-state index contributed by atoms with van der Waals surface area (Å²) in [6.07, 6.45) is -11.1. The van der Waals surface area contributed by atoms with E-state index in [2.05, 4.69) is 0 Å². The summed E-state index contributed by atoms with van der Waals surface area (Å²) in [7, 11) is 1.44. The standard InChI is InChI=1S/C41H62O13/c1-38(2,3)53-32-27(22-24-14-12-11-13-15-24)51-36(30(45)28(32)43)41(8,9)50-21-20-39(4,5)54-33-29(44)31(46)35(40(6,7)48-10)52-34(33)37(47)49-23-25-16-18-26(42)19-17-25/h11-19,27-36,42-46H,20-23H2,1-10H3/t27?,28?,29?,30?,31?,32-,33+,34?,35?,36?/m1/s1. The minimum absolute atomic E-state index is 0.0668. The Bertz CT molecular complexity index is 1470. The fraction of sp³-hybridized carbons (Fsp3) is 0.683. The van der Waals surface area contributed by atoms with Crippen molar-refractivity contribution >= 4 is 5.97 Å². The van der Waals surface area contributed by atoms with Crippen molar-refractivity contribution in [3.8, 4) is 5.75 Å². The molecule has 8 unspecified atom stereocenters. The molecule has 13 nitrogen and oxygen atoms in total. The third kappa shape index (κ3) is 11.2. The number of rotatable bonds is 15. The van der Waals surface area contributed by atoms with Crippen LogP contribution in [0.2, 0.25) is 0 Å². The maximum absolute atomic E-state index is 13.6. The number of ether oxygens (including phenoxy) is 7. The summed E-state index contributed by atoms with van der Waals surface area (Å²) < 4.78 is 42.7. The van der Waals surface area contributed by atoms with Crippen LogP contribution in [0.5, 0.6) is 5.75 Å². The zero-order chi connectivity index (χ0) is 40.2. The number of hydrogen-bond donors (Lipinski definition) is 5. The molecule has 2 saturated heterocycles. The minimum atomic E-state index is -1.56. The molecule has 5 N–H and O–H groups in total. The number of aliphatic hydroxyl groups excluding tert-OH is 4. The Morgan fingerprint density at radius 3 is 1.85 bits per heavy atom. The van der Waals surface area contributed by atoms with Gasteiger partial charge < -0.3 is 58.7 Å². The van der Waals surface area contributed by atoms with Gasteiger partial charge in [-0.05, 0) is 92.0 Å². The first-order valence-corrected chi connectivity index (χ1v) is 18.6. The molecular weight excluding hydrogens is 700 g/mol. The van der Waals surface area contributed by atoms with Crippen LogP contribution >= 0.6 is 0 Å². The molecule has 2 aromatic rings. The average Bonchev–Trinajstić information content (AvgIpc) is 3.09. The van der Waals surface area contributed by atoms with E-state index in [1.54, 1.807) is 53.7 Å². The molecule has 13 heteroatoms. The van der Waals surface area contributed by atoms with Crippen molar-refractivity contribution in [1.29, 1.82) is 0 Å². The molecule has 0 aromatic heterocycles. The van der Waals surface area contributed by atoms with E-state index < -0.39 is 89.4 Å². The molecule has 0 bridgehead atoms. The van der Waals surface area contributed by atoms with Crippen LogP contribution < -0.4 is 0 Å². The lowest BCUT2D eigenvalue weighted by Gasteiger charge is -2.49. The monoisotopic (exact) mass is 762 g/mol. The molecule has 2 fully saturated rings. The first-order chi connectivity index (χ1) is 25.0. The Morgan fingerprint density at radius 2 is 1.28 bits per heavy atom. The Balaban J connectivity index is 1.47.